The highest BCUT2D eigenvalue weighted by Crippen LogP contribution is 2.32. The predicted molar refractivity (Wildman–Crippen MR) is 97.7 cm³/mol. The zero-order valence-corrected chi connectivity index (χ0v) is 15.7. The molecule has 1 unspecified atom stereocenters. The number of rotatable bonds is 6. The Hall–Kier alpha value is -2.77. The lowest BCUT2D eigenvalue weighted by Crippen LogP contribution is -2.42. The lowest BCUT2D eigenvalue weighted by Gasteiger charge is -2.26. The molecule has 1 aliphatic carbocycles. The van der Waals surface area contributed by atoms with Crippen molar-refractivity contribution in [1.29, 1.82) is 0 Å². The molecule has 0 spiro atoms. The number of benzene rings is 1. The SMILES string of the molecule is COc1cnccc1C(C)NC(=O)N(Cc1ccc(C(F)(F)F)cc1)C1CC1. The number of halogens is 3. The number of carbonyl (C=O) groups is 1. The van der Waals surface area contributed by atoms with Gasteiger partial charge in [-0.1, -0.05) is 12.1 Å². The van der Waals surface area contributed by atoms with Crippen LogP contribution in [-0.2, 0) is 12.7 Å². The van der Waals surface area contributed by atoms with E-state index in [4.69, 9.17) is 4.74 Å². The first-order valence-corrected chi connectivity index (χ1v) is 9.00. The van der Waals surface area contributed by atoms with E-state index in [1.54, 1.807) is 23.4 Å². The van der Waals surface area contributed by atoms with Crippen LogP contribution in [0.5, 0.6) is 5.75 Å². The number of ether oxygens (including phenoxy) is 1. The quantitative estimate of drug-likeness (QED) is 0.784. The van der Waals surface area contributed by atoms with E-state index in [9.17, 15) is 18.0 Å². The van der Waals surface area contributed by atoms with Crippen molar-refractivity contribution in [1.82, 2.24) is 15.2 Å². The third kappa shape index (κ3) is 4.74. The number of hydrogen-bond donors (Lipinski definition) is 1. The highest BCUT2D eigenvalue weighted by Gasteiger charge is 2.34. The van der Waals surface area contributed by atoms with Gasteiger partial charge in [0.25, 0.3) is 0 Å². The minimum absolute atomic E-state index is 0.105. The van der Waals surface area contributed by atoms with Crippen LogP contribution >= 0.6 is 0 Å². The molecule has 1 fully saturated rings. The van der Waals surface area contributed by atoms with Gasteiger partial charge < -0.3 is 15.0 Å². The summed E-state index contributed by atoms with van der Waals surface area (Å²) in [5, 5.41) is 2.95. The first kappa shape index (κ1) is 20.0. The number of methoxy groups -OCH3 is 1. The van der Waals surface area contributed by atoms with Crippen LogP contribution in [-0.4, -0.2) is 29.1 Å². The van der Waals surface area contributed by atoms with Crippen LogP contribution in [0.3, 0.4) is 0 Å². The van der Waals surface area contributed by atoms with Gasteiger partial charge in [0.1, 0.15) is 5.75 Å². The van der Waals surface area contributed by atoms with Gasteiger partial charge in [0, 0.05) is 24.3 Å². The van der Waals surface area contributed by atoms with Crippen molar-refractivity contribution in [3.63, 3.8) is 0 Å². The molecular formula is C20H22F3N3O2. The second kappa shape index (κ2) is 8.08. The molecule has 8 heteroatoms. The van der Waals surface area contributed by atoms with Crippen molar-refractivity contribution in [2.24, 2.45) is 0 Å². The number of carbonyl (C=O) groups excluding carboxylic acids is 1. The molecule has 0 radical (unpaired) electrons. The zero-order chi connectivity index (χ0) is 20.3. The fourth-order valence-electron chi connectivity index (χ4n) is 3.01. The zero-order valence-electron chi connectivity index (χ0n) is 15.7. The molecule has 1 atom stereocenters. The predicted octanol–water partition coefficient (Wildman–Crippen LogP) is 4.54. The fraction of sp³-hybridized carbons (Fsp3) is 0.400. The van der Waals surface area contributed by atoms with E-state index in [0.717, 1.165) is 30.5 Å². The monoisotopic (exact) mass is 393 g/mol. The van der Waals surface area contributed by atoms with Gasteiger partial charge in [0.15, 0.2) is 0 Å². The minimum Gasteiger partial charge on any atom is -0.495 e. The topological polar surface area (TPSA) is 54.5 Å². The van der Waals surface area contributed by atoms with Crippen molar-refractivity contribution in [2.45, 2.75) is 44.6 Å². The average Bonchev–Trinajstić information content (AvgIpc) is 3.50. The molecule has 1 N–H and O–H groups in total. The molecule has 0 aliphatic heterocycles. The minimum atomic E-state index is -4.37. The molecule has 3 rings (SSSR count). The largest absolute Gasteiger partial charge is 0.495 e. The highest BCUT2D eigenvalue weighted by molar-refractivity contribution is 5.75. The number of alkyl halides is 3. The molecule has 2 amide bonds. The average molecular weight is 393 g/mol. The smallest absolute Gasteiger partial charge is 0.416 e. The van der Waals surface area contributed by atoms with Gasteiger partial charge in [-0.3, -0.25) is 4.98 Å². The third-order valence-corrected chi connectivity index (χ3v) is 4.73. The number of nitrogens with zero attached hydrogens (tertiary/aromatic N) is 2. The van der Waals surface area contributed by atoms with Crippen LogP contribution < -0.4 is 10.1 Å². The number of aromatic nitrogens is 1. The summed E-state index contributed by atoms with van der Waals surface area (Å²) in [5.74, 6) is 0.580. The van der Waals surface area contributed by atoms with Crippen molar-refractivity contribution in [3.05, 3.63) is 59.4 Å². The van der Waals surface area contributed by atoms with Crippen LogP contribution in [0.4, 0.5) is 18.0 Å². The Bertz CT molecular complexity index is 820. The van der Waals surface area contributed by atoms with Gasteiger partial charge in [-0.15, -0.1) is 0 Å². The summed E-state index contributed by atoms with van der Waals surface area (Å²) in [4.78, 5) is 18.5. The van der Waals surface area contributed by atoms with Crippen molar-refractivity contribution in [3.8, 4) is 5.75 Å². The summed E-state index contributed by atoms with van der Waals surface area (Å²) >= 11 is 0. The molecule has 0 saturated heterocycles. The molecule has 1 aromatic heterocycles. The Morgan fingerprint density at radius 2 is 1.96 bits per heavy atom. The Balaban J connectivity index is 1.69. The molecule has 2 aromatic rings. The van der Waals surface area contributed by atoms with Crippen molar-refractivity contribution < 1.29 is 22.7 Å². The van der Waals surface area contributed by atoms with E-state index in [1.165, 1.54) is 19.2 Å². The van der Waals surface area contributed by atoms with Crippen LogP contribution in [0.1, 0.15) is 42.5 Å². The summed E-state index contributed by atoms with van der Waals surface area (Å²) in [7, 11) is 1.54. The Morgan fingerprint density at radius 3 is 2.54 bits per heavy atom. The van der Waals surface area contributed by atoms with Crippen LogP contribution in [0.25, 0.3) is 0 Å². The van der Waals surface area contributed by atoms with E-state index >= 15 is 0 Å². The number of nitrogens with one attached hydrogen (secondary N) is 1. The second-order valence-electron chi connectivity index (χ2n) is 6.84. The van der Waals surface area contributed by atoms with Gasteiger partial charge in [-0.05, 0) is 43.5 Å². The molecule has 1 aromatic carbocycles. The normalized spacial score (nSPS) is 15.0. The van der Waals surface area contributed by atoms with Crippen LogP contribution in [0.15, 0.2) is 42.7 Å². The highest BCUT2D eigenvalue weighted by atomic mass is 19.4. The molecule has 0 bridgehead atoms. The summed E-state index contributed by atoms with van der Waals surface area (Å²) < 4.78 is 43.5. The third-order valence-electron chi connectivity index (χ3n) is 4.73. The number of hydrogen-bond acceptors (Lipinski definition) is 3. The maximum absolute atomic E-state index is 12.8. The maximum Gasteiger partial charge on any atom is 0.416 e. The Labute approximate surface area is 161 Å². The lowest BCUT2D eigenvalue weighted by molar-refractivity contribution is -0.137. The number of urea groups is 1. The maximum atomic E-state index is 12.8. The van der Waals surface area contributed by atoms with Gasteiger partial charge in [-0.25, -0.2) is 4.79 Å². The summed E-state index contributed by atoms with van der Waals surface area (Å²) in [6, 6.07) is 6.25. The van der Waals surface area contributed by atoms with Gasteiger partial charge >= 0.3 is 12.2 Å². The first-order valence-electron chi connectivity index (χ1n) is 9.00. The summed E-state index contributed by atoms with van der Waals surface area (Å²) in [6.45, 7) is 2.10. The van der Waals surface area contributed by atoms with Crippen molar-refractivity contribution >= 4 is 6.03 Å². The molecule has 1 heterocycles. The van der Waals surface area contributed by atoms with E-state index in [1.807, 2.05) is 6.92 Å². The Kier molecular flexibility index (Phi) is 5.76. The first-order chi connectivity index (χ1) is 13.3. The van der Waals surface area contributed by atoms with E-state index in [0.29, 0.717) is 11.3 Å². The van der Waals surface area contributed by atoms with E-state index in [-0.39, 0.29) is 24.7 Å². The van der Waals surface area contributed by atoms with E-state index in [2.05, 4.69) is 10.3 Å². The van der Waals surface area contributed by atoms with E-state index < -0.39 is 11.7 Å². The summed E-state index contributed by atoms with van der Waals surface area (Å²) in [6.07, 6.45) is 0.618. The fourth-order valence-corrected chi connectivity index (χ4v) is 3.01. The van der Waals surface area contributed by atoms with Crippen LogP contribution in [0, 0.1) is 0 Å². The molecule has 1 aliphatic rings. The molecule has 150 valence electrons. The molecular weight excluding hydrogens is 371 g/mol. The number of amides is 2. The van der Waals surface area contributed by atoms with Gasteiger partial charge in [-0.2, -0.15) is 13.2 Å². The summed E-state index contributed by atoms with van der Waals surface area (Å²) in [5.41, 5.74) is 0.761. The standard InChI is InChI=1S/C20H22F3N3O2/c1-13(17-9-10-24-11-18(17)28-2)25-19(27)26(16-7-8-16)12-14-3-5-15(6-4-14)20(21,22)23/h3-6,9-11,13,16H,7-8,12H2,1-2H3,(H,25,27). The molecule has 5 nitrogen and oxygen atoms in total. The van der Waals surface area contributed by atoms with Crippen LogP contribution in [0.2, 0.25) is 0 Å². The van der Waals surface area contributed by atoms with Crippen molar-refractivity contribution in [2.75, 3.05) is 7.11 Å². The molecule has 1 saturated carbocycles. The van der Waals surface area contributed by atoms with Gasteiger partial charge in [0.2, 0.25) is 0 Å². The Morgan fingerprint density at radius 1 is 1.29 bits per heavy atom. The molecule has 28 heavy (non-hydrogen) atoms. The number of pyridine rings is 1. The second-order valence-corrected chi connectivity index (χ2v) is 6.84. The van der Waals surface area contributed by atoms with Gasteiger partial charge in [0.05, 0.1) is 24.9 Å². The lowest BCUT2D eigenvalue weighted by atomic mass is 10.1.